The molecule has 1 atom stereocenters. The first-order chi connectivity index (χ1) is 12.6. The van der Waals surface area contributed by atoms with Crippen LogP contribution in [0.4, 0.5) is 19.0 Å². The van der Waals surface area contributed by atoms with Crippen LogP contribution in [-0.2, 0) is 9.53 Å². The molecule has 0 saturated carbocycles. The lowest BCUT2D eigenvalue weighted by atomic mass is 10.1. The molecule has 27 heavy (non-hydrogen) atoms. The molecule has 1 heterocycles. The van der Waals surface area contributed by atoms with Crippen LogP contribution in [-0.4, -0.2) is 35.8 Å². The zero-order valence-corrected chi connectivity index (χ0v) is 15.9. The second-order valence-corrected chi connectivity index (χ2v) is 6.54. The molecule has 1 aromatic carbocycles. The van der Waals surface area contributed by atoms with Crippen LogP contribution >= 0.6 is 27.5 Å². The zero-order chi connectivity index (χ0) is 20.2. The van der Waals surface area contributed by atoms with Crippen LogP contribution in [0.5, 0.6) is 0 Å². The first-order valence-corrected chi connectivity index (χ1v) is 8.39. The van der Waals surface area contributed by atoms with Crippen LogP contribution in [0.1, 0.15) is 10.4 Å². The summed E-state index contributed by atoms with van der Waals surface area (Å²) in [6.07, 6.45) is -4.04. The van der Waals surface area contributed by atoms with Gasteiger partial charge in [-0.2, -0.15) is 13.2 Å². The van der Waals surface area contributed by atoms with E-state index in [0.717, 1.165) is 13.2 Å². The van der Waals surface area contributed by atoms with Crippen molar-refractivity contribution in [1.82, 2.24) is 10.3 Å². The molecule has 0 spiro atoms. The van der Waals surface area contributed by atoms with E-state index in [9.17, 15) is 22.8 Å². The molecule has 0 radical (unpaired) electrons. The number of rotatable bonds is 5. The number of alkyl halides is 3. The average Bonchev–Trinajstić information content (AvgIpc) is 2.61. The third kappa shape index (κ3) is 4.69. The van der Waals surface area contributed by atoms with Crippen LogP contribution in [0.2, 0.25) is 5.02 Å². The Bertz CT molecular complexity index is 849. The lowest BCUT2D eigenvalue weighted by Crippen LogP contribution is -2.69. The van der Waals surface area contributed by atoms with E-state index in [-0.39, 0.29) is 16.4 Å². The van der Waals surface area contributed by atoms with Gasteiger partial charge in [-0.3, -0.25) is 4.79 Å². The number of carbonyl (C=O) groups excluding carboxylic acids is 2. The van der Waals surface area contributed by atoms with E-state index in [1.807, 2.05) is 5.32 Å². The Hall–Kier alpha value is -2.33. The van der Waals surface area contributed by atoms with Gasteiger partial charge in [0, 0.05) is 21.3 Å². The summed E-state index contributed by atoms with van der Waals surface area (Å²) in [5.74, 6) is -3.27. The average molecular weight is 467 g/mol. The van der Waals surface area contributed by atoms with Gasteiger partial charge in [0.1, 0.15) is 5.82 Å². The van der Waals surface area contributed by atoms with Crippen molar-refractivity contribution in [3.63, 3.8) is 0 Å². The van der Waals surface area contributed by atoms with Crippen molar-refractivity contribution in [2.24, 2.45) is 0 Å². The Labute approximate surface area is 165 Å². The molecule has 1 amide bonds. The number of amides is 1. The molecule has 0 fully saturated rings. The number of anilines is 1. The number of esters is 1. The maximum absolute atomic E-state index is 13.9. The minimum Gasteiger partial charge on any atom is -0.466 e. The Morgan fingerprint density at radius 2 is 1.93 bits per heavy atom. The molecule has 1 aromatic heterocycles. The monoisotopic (exact) mass is 465 g/mol. The van der Waals surface area contributed by atoms with Crippen LogP contribution in [0.25, 0.3) is 0 Å². The SMILES string of the molecule is COC(=O)[C@@](NC(=O)c1cccc(Cl)c1)(Nc1ccc(Br)cn1)C(F)(F)F. The highest BCUT2D eigenvalue weighted by atomic mass is 79.9. The second-order valence-electron chi connectivity index (χ2n) is 5.19. The quantitative estimate of drug-likeness (QED) is 0.518. The lowest BCUT2D eigenvalue weighted by molar-refractivity contribution is -0.203. The van der Waals surface area contributed by atoms with Gasteiger partial charge in [-0.1, -0.05) is 17.7 Å². The molecular weight excluding hydrogens is 455 g/mol. The van der Waals surface area contributed by atoms with E-state index in [0.29, 0.717) is 4.47 Å². The summed E-state index contributed by atoms with van der Waals surface area (Å²) in [5, 5.41) is 3.74. The van der Waals surface area contributed by atoms with Crippen LogP contribution in [0.15, 0.2) is 47.1 Å². The summed E-state index contributed by atoms with van der Waals surface area (Å²) in [6.45, 7) is 0. The Balaban J connectivity index is 2.48. The third-order valence-electron chi connectivity index (χ3n) is 3.35. The number of pyridine rings is 1. The maximum atomic E-state index is 13.9. The molecule has 0 unspecified atom stereocenters. The number of nitrogens with one attached hydrogen (secondary N) is 2. The molecule has 6 nitrogen and oxygen atoms in total. The minimum absolute atomic E-state index is 0.140. The number of aromatic nitrogens is 1. The Morgan fingerprint density at radius 3 is 2.44 bits per heavy atom. The predicted molar refractivity (Wildman–Crippen MR) is 95.3 cm³/mol. The topological polar surface area (TPSA) is 80.3 Å². The predicted octanol–water partition coefficient (Wildman–Crippen LogP) is 3.77. The summed E-state index contributed by atoms with van der Waals surface area (Å²) in [4.78, 5) is 28.2. The molecule has 0 aliphatic carbocycles. The van der Waals surface area contributed by atoms with E-state index in [1.54, 1.807) is 5.32 Å². The summed E-state index contributed by atoms with van der Waals surface area (Å²) in [7, 11) is 0.769. The fourth-order valence-electron chi connectivity index (χ4n) is 2.06. The van der Waals surface area contributed by atoms with Gasteiger partial charge < -0.3 is 15.4 Å². The number of methoxy groups -OCH3 is 1. The number of hydrogen-bond acceptors (Lipinski definition) is 5. The van der Waals surface area contributed by atoms with Gasteiger partial charge in [-0.05, 0) is 46.3 Å². The third-order valence-corrected chi connectivity index (χ3v) is 4.05. The maximum Gasteiger partial charge on any atom is 0.441 e. The van der Waals surface area contributed by atoms with Crippen LogP contribution < -0.4 is 10.6 Å². The number of nitrogens with zero attached hydrogens (tertiary/aromatic N) is 1. The molecule has 0 saturated heterocycles. The van der Waals surface area contributed by atoms with Gasteiger partial charge >= 0.3 is 17.8 Å². The van der Waals surface area contributed by atoms with E-state index in [1.165, 1.54) is 36.5 Å². The minimum atomic E-state index is -5.26. The Kier molecular flexibility index (Phi) is 6.32. The van der Waals surface area contributed by atoms with Crippen molar-refractivity contribution in [2.45, 2.75) is 11.8 Å². The van der Waals surface area contributed by atoms with Crippen molar-refractivity contribution >= 4 is 45.2 Å². The summed E-state index contributed by atoms with van der Waals surface area (Å²) in [6, 6.07) is 7.84. The molecule has 11 heteroatoms. The molecule has 2 aromatic rings. The second kappa shape index (κ2) is 8.13. The van der Waals surface area contributed by atoms with Crippen molar-refractivity contribution in [2.75, 3.05) is 12.4 Å². The summed E-state index contributed by atoms with van der Waals surface area (Å²) in [5.41, 5.74) is -3.74. The number of halogens is 5. The molecule has 0 aliphatic heterocycles. The lowest BCUT2D eigenvalue weighted by Gasteiger charge is -2.34. The highest BCUT2D eigenvalue weighted by molar-refractivity contribution is 9.10. The van der Waals surface area contributed by atoms with E-state index >= 15 is 0 Å². The first-order valence-electron chi connectivity index (χ1n) is 7.22. The summed E-state index contributed by atoms with van der Waals surface area (Å²) >= 11 is 8.86. The molecule has 2 N–H and O–H groups in total. The highest BCUT2D eigenvalue weighted by Crippen LogP contribution is 2.33. The number of ether oxygens (including phenoxy) is 1. The molecule has 144 valence electrons. The molecule has 0 aliphatic rings. The highest BCUT2D eigenvalue weighted by Gasteiger charge is 2.63. The van der Waals surface area contributed by atoms with E-state index in [2.05, 4.69) is 25.7 Å². The number of hydrogen-bond donors (Lipinski definition) is 2. The van der Waals surface area contributed by atoms with Crippen LogP contribution in [0.3, 0.4) is 0 Å². The fraction of sp³-hybridized carbons (Fsp3) is 0.188. The molecule has 2 rings (SSSR count). The van der Waals surface area contributed by atoms with Gasteiger partial charge in [-0.15, -0.1) is 0 Å². The fourth-order valence-corrected chi connectivity index (χ4v) is 2.48. The number of carbonyl (C=O) groups is 2. The summed E-state index contributed by atoms with van der Waals surface area (Å²) < 4.78 is 46.5. The van der Waals surface area contributed by atoms with E-state index in [4.69, 9.17) is 11.6 Å². The standard InChI is InChI=1S/C16H12BrClF3N3O3/c1-27-14(26)15(16(19,20)21,23-12-6-5-10(17)8-22-12)24-13(25)9-3-2-4-11(18)7-9/h2-8H,1H3,(H,22,23)(H,24,25)/t15-/m0/s1. The van der Waals surface area contributed by atoms with E-state index < -0.39 is 23.7 Å². The van der Waals surface area contributed by atoms with Crippen LogP contribution in [0, 0.1) is 0 Å². The van der Waals surface area contributed by atoms with Gasteiger partial charge in [0.15, 0.2) is 0 Å². The zero-order valence-electron chi connectivity index (χ0n) is 13.6. The van der Waals surface area contributed by atoms with Gasteiger partial charge in [-0.25, -0.2) is 9.78 Å². The van der Waals surface area contributed by atoms with Gasteiger partial charge in [0.05, 0.1) is 7.11 Å². The van der Waals surface area contributed by atoms with Crippen molar-refractivity contribution < 1.29 is 27.5 Å². The first kappa shape index (κ1) is 21.0. The van der Waals surface area contributed by atoms with Gasteiger partial charge in [0.2, 0.25) is 0 Å². The van der Waals surface area contributed by atoms with Crippen molar-refractivity contribution in [3.05, 3.63) is 57.7 Å². The van der Waals surface area contributed by atoms with Crippen molar-refractivity contribution in [1.29, 1.82) is 0 Å². The smallest absolute Gasteiger partial charge is 0.441 e. The largest absolute Gasteiger partial charge is 0.466 e. The molecule has 0 bridgehead atoms. The van der Waals surface area contributed by atoms with Gasteiger partial charge in [0.25, 0.3) is 5.91 Å². The Morgan fingerprint density at radius 1 is 1.22 bits per heavy atom. The molecular formula is C16H12BrClF3N3O3. The normalized spacial score (nSPS) is 13.4. The van der Waals surface area contributed by atoms with Crippen molar-refractivity contribution in [3.8, 4) is 0 Å². The number of benzene rings is 1.